The third-order valence-corrected chi connectivity index (χ3v) is 3.76. The van der Waals surface area contributed by atoms with Crippen LogP contribution in [0.4, 0.5) is 4.79 Å². The molecule has 1 fully saturated rings. The van der Waals surface area contributed by atoms with E-state index in [9.17, 15) is 4.79 Å². The fourth-order valence-corrected chi connectivity index (χ4v) is 2.53. The molecule has 1 aromatic rings. The van der Waals surface area contributed by atoms with Gasteiger partial charge in [0.1, 0.15) is 5.60 Å². The fourth-order valence-electron chi connectivity index (χ4n) is 2.53. The number of rotatable bonds is 2. The maximum atomic E-state index is 12.1. The number of nitrogens with zero attached hydrogens (tertiary/aromatic N) is 3. The number of carbonyl (C=O) groups excluding carboxylic acids is 1. The summed E-state index contributed by atoms with van der Waals surface area (Å²) in [6, 6.07) is 8.24. The van der Waals surface area contributed by atoms with Crippen LogP contribution in [0.25, 0.3) is 0 Å². The predicted octanol–water partition coefficient (Wildman–Crippen LogP) is 2.98. The molecule has 1 amide bonds. The van der Waals surface area contributed by atoms with E-state index >= 15 is 0 Å². The Hall–Kier alpha value is -1.51. The monoisotopic (exact) mass is 460 g/mol. The summed E-state index contributed by atoms with van der Waals surface area (Å²) < 4.78 is 5.40. The lowest BCUT2D eigenvalue weighted by Crippen LogP contribution is -2.53. The highest BCUT2D eigenvalue weighted by molar-refractivity contribution is 14.0. The van der Waals surface area contributed by atoms with Gasteiger partial charge in [-0.2, -0.15) is 0 Å². The molecule has 1 saturated heterocycles. The number of piperazine rings is 1. The van der Waals surface area contributed by atoms with Gasteiger partial charge in [-0.05, 0) is 33.3 Å². The number of hydrogen-bond donors (Lipinski definition) is 1. The van der Waals surface area contributed by atoms with Crippen LogP contribution in [0.3, 0.4) is 0 Å². The predicted molar refractivity (Wildman–Crippen MR) is 111 cm³/mol. The normalized spacial score (nSPS) is 15.6. The molecule has 140 valence electrons. The first kappa shape index (κ1) is 21.5. The van der Waals surface area contributed by atoms with Gasteiger partial charge in [0, 0.05) is 26.2 Å². The van der Waals surface area contributed by atoms with E-state index in [0.717, 1.165) is 5.56 Å². The fraction of sp³-hybridized carbons (Fsp3) is 0.556. The number of halogens is 1. The molecule has 2 rings (SSSR count). The maximum Gasteiger partial charge on any atom is 0.410 e. The molecular weight excluding hydrogens is 431 g/mol. The molecule has 2 N–H and O–H groups in total. The third kappa shape index (κ3) is 7.09. The van der Waals surface area contributed by atoms with Crippen molar-refractivity contribution in [3.63, 3.8) is 0 Å². The van der Waals surface area contributed by atoms with Crippen molar-refractivity contribution in [2.24, 2.45) is 10.7 Å². The molecule has 0 spiro atoms. The van der Waals surface area contributed by atoms with Gasteiger partial charge in [-0.25, -0.2) is 9.79 Å². The average Bonchev–Trinajstić information content (AvgIpc) is 2.51. The van der Waals surface area contributed by atoms with E-state index in [-0.39, 0.29) is 30.1 Å². The smallest absolute Gasteiger partial charge is 0.410 e. The van der Waals surface area contributed by atoms with Crippen LogP contribution < -0.4 is 5.73 Å². The van der Waals surface area contributed by atoms with E-state index in [1.54, 1.807) is 4.90 Å². The molecule has 7 heteroatoms. The summed E-state index contributed by atoms with van der Waals surface area (Å²) in [5.74, 6) is 0.528. The van der Waals surface area contributed by atoms with Gasteiger partial charge in [0.05, 0.1) is 6.54 Å². The second kappa shape index (κ2) is 9.26. The molecule has 0 radical (unpaired) electrons. The zero-order chi connectivity index (χ0) is 17.7. The van der Waals surface area contributed by atoms with Crippen molar-refractivity contribution < 1.29 is 9.53 Å². The molecule has 0 bridgehead atoms. The minimum Gasteiger partial charge on any atom is -0.444 e. The van der Waals surface area contributed by atoms with Gasteiger partial charge in [-0.1, -0.05) is 29.8 Å². The van der Waals surface area contributed by atoms with Crippen LogP contribution in [0.1, 0.15) is 31.9 Å². The quantitative estimate of drug-likeness (QED) is 0.419. The summed E-state index contributed by atoms with van der Waals surface area (Å²) in [4.78, 5) is 20.3. The van der Waals surface area contributed by atoms with E-state index in [1.165, 1.54) is 5.56 Å². The number of aliphatic imine (C=N–C) groups is 1. The molecule has 1 aliphatic heterocycles. The van der Waals surface area contributed by atoms with Crippen molar-refractivity contribution in [1.29, 1.82) is 0 Å². The summed E-state index contributed by atoms with van der Waals surface area (Å²) in [7, 11) is 0. The van der Waals surface area contributed by atoms with Crippen molar-refractivity contribution in [3.8, 4) is 0 Å². The highest BCUT2D eigenvalue weighted by Gasteiger charge is 2.26. The molecule has 0 unspecified atom stereocenters. The van der Waals surface area contributed by atoms with Crippen molar-refractivity contribution in [1.82, 2.24) is 9.80 Å². The molecule has 1 heterocycles. The number of carbonyl (C=O) groups is 1. The molecule has 1 aliphatic rings. The summed E-state index contributed by atoms with van der Waals surface area (Å²) in [5.41, 5.74) is 7.99. The number of guanidine groups is 1. The molecule has 25 heavy (non-hydrogen) atoms. The zero-order valence-electron chi connectivity index (χ0n) is 15.5. The van der Waals surface area contributed by atoms with E-state index in [0.29, 0.717) is 38.7 Å². The van der Waals surface area contributed by atoms with Gasteiger partial charge in [-0.15, -0.1) is 24.0 Å². The lowest BCUT2D eigenvalue weighted by molar-refractivity contribution is 0.0186. The van der Waals surface area contributed by atoms with Crippen LogP contribution in [0.5, 0.6) is 0 Å². The van der Waals surface area contributed by atoms with Crippen LogP contribution in [0.2, 0.25) is 0 Å². The Kier molecular flexibility index (Phi) is 7.98. The van der Waals surface area contributed by atoms with Crippen LogP contribution in [-0.2, 0) is 11.3 Å². The van der Waals surface area contributed by atoms with Crippen molar-refractivity contribution >= 4 is 36.0 Å². The van der Waals surface area contributed by atoms with Crippen LogP contribution >= 0.6 is 24.0 Å². The number of amides is 1. The largest absolute Gasteiger partial charge is 0.444 e. The molecule has 0 aromatic heterocycles. The second-order valence-electron chi connectivity index (χ2n) is 7.12. The number of ether oxygens (including phenoxy) is 1. The summed E-state index contributed by atoms with van der Waals surface area (Å²) in [6.07, 6.45) is -0.266. The van der Waals surface area contributed by atoms with Crippen LogP contribution in [-0.4, -0.2) is 53.6 Å². The van der Waals surface area contributed by atoms with Crippen LogP contribution in [0.15, 0.2) is 29.3 Å². The van der Waals surface area contributed by atoms with Gasteiger partial charge in [0.2, 0.25) is 0 Å². The van der Waals surface area contributed by atoms with Crippen molar-refractivity contribution in [2.45, 2.75) is 39.8 Å². The van der Waals surface area contributed by atoms with Crippen molar-refractivity contribution in [3.05, 3.63) is 35.4 Å². The molecule has 6 nitrogen and oxygen atoms in total. The number of hydrogen-bond acceptors (Lipinski definition) is 3. The summed E-state index contributed by atoms with van der Waals surface area (Å²) in [5, 5.41) is 0. The Labute approximate surface area is 167 Å². The van der Waals surface area contributed by atoms with Gasteiger partial charge in [0.15, 0.2) is 5.96 Å². The first-order valence-corrected chi connectivity index (χ1v) is 8.33. The van der Waals surface area contributed by atoms with Crippen molar-refractivity contribution in [2.75, 3.05) is 26.2 Å². The Morgan fingerprint density at radius 3 is 2.36 bits per heavy atom. The second-order valence-corrected chi connectivity index (χ2v) is 7.12. The summed E-state index contributed by atoms with van der Waals surface area (Å²) >= 11 is 0. The average molecular weight is 460 g/mol. The number of nitrogens with two attached hydrogens (primary N) is 1. The first-order valence-electron chi connectivity index (χ1n) is 8.33. The minimum atomic E-state index is -0.470. The molecule has 0 aliphatic carbocycles. The van der Waals surface area contributed by atoms with E-state index in [4.69, 9.17) is 10.5 Å². The highest BCUT2D eigenvalue weighted by atomic mass is 127. The molecule has 1 aromatic carbocycles. The minimum absolute atomic E-state index is 0. The number of benzene rings is 1. The third-order valence-electron chi connectivity index (χ3n) is 3.76. The van der Waals surface area contributed by atoms with Gasteiger partial charge in [0.25, 0.3) is 0 Å². The maximum absolute atomic E-state index is 12.1. The topological polar surface area (TPSA) is 71.2 Å². The molecule has 0 saturated carbocycles. The van der Waals surface area contributed by atoms with Crippen LogP contribution in [0, 0.1) is 6.92 Å². The lowest BCUT2D eigenvalue weighted by Gasteiger charge is -2.36. The lowest BCUT2D eigenvalue weighted by atomic mass is 10.1. The Morgan fingerprint density at radius 2 is 1.80 bits per heavy atom. The Bertz CT molecular complexity index is 605. The van der Waals surface area contributed by atoms with Gasteiger partial charge in [-0.3, -0.25) is 0 Å². The highest BCUT2D eigenvalue weighted by Crippen LogP contribution is 2.12. The summed E-state index contributed by atoms with van der Waals surface area (Å²) in [6.45, 7) is 10.8. The zero-order valence-corrected chi connectivity index (χ0v) is 17.8. The SMILES string of the molecule is Cc1cccc(CN=C(N)N2CCN(C(=O)OC(C)(C)C)CC2)c1.I. The molecular formula is C18H29IN4O2. The number of aryl methyl sites for hydroxylation is 1. The molecule has 0 atom stereocenters. The van der Waals surface area contributed by atoms with E-state index in [1.807, 2.05) is 37.8 Å². The van der Waals surface area contributed by atoms with Gasteiger partial charge < -0.3 is 20.3 Å². The standard InChI is InChI=1S/C18H28N4O2.HI/c1-14-6-5-7-15(12-14)13-20-16(19)21-8-10-22(11-9-21)17(23)24-18(2,3)4;/h5-7,12H,8-11,13H2,1-4H3,(H2,19,20);1H. The van der Waals surface area contributed by atoms with Gasteiger partial charge >= 0.3 is 6.09 Å². The van der Waals surface area contributed by atoms with E-state index < -0.39 is 5.60 Å². The Balaban J connectivity index is 0.00000312. The van der Waals surface area contributed by atoms with E-state index in [2.05, 4.69) is 24.0 Å². The Morgan fingerprint density at radius 1 is 1.20 bits per heavy atom. The first-order chi connectivity index (χ1) is 11.2.